The molecule has 0 fully saturated rings. The lowest BCUT2D eigenvalue weighted by molar-refractivity contribution is 0.411. The summed E-state index contributed by atoms with van der Waals surface area (Å²) < 4.78 is 19.7. The highest BCUT2D eigenvalue weighted by atomic mass is 79.9. The van der Waals surface area contributed by atoms with Crippen molar-refractivity contribution in [2.24, 2.45) is 4.99 Å². The van der Waals surface area contributed by atoms with Crippen LogP contribution in [0.3, 0.4) is 0 Å². The molecule has 1 aromatic heterocycles. The molecule has 0 aliphatic carbocycles. The van der Waals surface area contributed by atoms with Crippen molar-refractivity contribution in [3.63, 3.8) is 0 Å². The van der Waals surface area contributed by atoms with Crippen molar-refractivity contribution in [1.82, 2.24) is 4.98 Å². The molecule has 0 saturated carbocycles. The van der Waals surface area contributed by atoms with Crippen molar-refractivity contribution in [1.29, 1.82) is 0 Å². The van der Waals surface area contributed by atoms with E-state index in [9.17, 15) is 4.39 Å². The number of aliphatic imine (C=N–C) groups is 1. The summed E-state index contributed by atoms with van der Waals surface area (Å²) in [5.74, 6) is 0.330. The highest BCUT2D eigenvalue weighted by Crippen LogP contribution is 2.33. The van der Waals surface area contributed by atoms with Crippen LogP contribution < -0.4 is 4.74 Å². The van der Waals surface area contributed by atoms with E-state index in [2.05, 4.69) is 25.9 Å². The molecule has 1 aromatic carbocycles. The van der Waals surface area contributed by atoms with E-state index < -0.39 is 0 Å². The number of hydrogen-bond donors (Lipinski definition) is 0. The molecule has 0 amide bonds. The number of fused-ring (bicyclic) bond motifs is 1. The molecule has 0 atom stereocenters. The van der Waals surface area contributed by atoms with Gasteiger partial charge in [0, 0.05) is 6.42 Å². The largest absolute Gasteiger partial charge is 0.494 e. The maximum atomic E-state index is 13.7. The lowest BCUT2D eigenvalue weighted by Crippen LogP contribution is -2.06. The van der Waals surface area contributed by atoms with Crippen molar-refractivity contribution >= 4 is 27.3 Å². The van der Waals surface area contributed by atoms with E-state index in [0.29, 0.717) is 28.2 Å². The number of ether oxygens (including phenoxy) is 1. The Balaban J connectivity index is 2.09. The standard InChI is InChI=1S/C14H10BrFN2O/c1-19-11-5-6-12(15)18-14(11)10-7-8-3-2-4-9(16)13(8)17-10/h2-6H,7H2,1H3. The minimum absolute atomic E-state index is 0.304. The van der Waals surface area contributed by atoms with Gasteiger partial charge in [0.15, 0.2) is 0 Å². The van der Waals surface area contributed by atoms with Crippen LogP contribution in [0.1, 0.15) is 11.3 Å². The van der Waals surface area contributed by atoms with Crippen LogP contribution in [-0.2, 0) is 6.42 Å². The summed E-state index contributed by atoms with van der Waals surface area (Å²) in [5, 5.41) is 0. The number of hydrogen-bond acceptors (Lipinski definition) is 3. The smallest absolute Gasteiger partial charge is 0.149 e. The van der Waals surface area contributed by atoms with Crippen LogP contribution in [0.4, 0.5) is 10.1 Å². The number of para-hydroxylation sites is 1. The predicted octanol–water partition coefficient (Wildman–Crippen LogP) is 3.67. The highest BCUT2D eigenvalue weighted by molar-refractivity contribution is 9.10. The number of pyridine rings is 1. The van der Waals surface area contributed by atoms with Crippen LogP contribution in [0.25, 0.3) is 0 Å². The number of benzene rings is 1. The molecular formula is C14H10BrFN2O. The summed E-state index contributed by atoms with van der Waals surface area (Å²) in [5.41, 5.74) is 2.64. The fraction of sp³-hybridized carbons (Fsp3) is 0.143. The van der Waals surface area contributed by atoms with Gasteiger partial charge in [-0.05, 0) is 39.7 Å². The summed E-state index contributed by atoms with van der Waals surface area (Å²) in [6.07, 6.45) is 0.562. The molecule has 0 saturated heterocycles. The number of rotatable bonds is 2. The zero-order chi connectivity index (χ0) is 13.4. The van der Waals surface area contributed by atoms with E-state index in [-0.39, 0.29) is 5.82 Å². The monoisotopic (exact) mass is 320 g/mol. The minimum Gasteiger partial charge on any atom is -0.494 e. The molecule has 3 nitrogen and oxygen atoms in total. The Morgan fingerprint density at radius 3 is 2.84 bits per heavy atom. The minimum atomic E-state index is -0.304. The normalized spacial score (nSPS) is 13.1. The molecule has 96 valence electrons. The summed E-state index contributed by atoms with van der Waals surface area (Å²) in [7, 11) is 1.58. The number of halogens is 2. The van der Waals surface area contributed by atoms with Crippen molar-refractivity contribution in [3.8, 4) is 5.75 Å². The summed E-state index contributed by atoms with van der Waals surface area (Å²) in [4.78, 5) is 8.73. The van der Waals surface area contributed by atoms with Crippen LogP contribution in [0, 0.1) is 5.82 Å². The quantitative estimate of drug-likeness (QED) is 0.791. The molecule has 19 heavy (non-hydrogen) atoms. The Morgan fingerprint density at radius 1 is 1.26 bits per heavy atom. The molecular weight excluding hydrogens is 311 g/mol. The van der Waals surface area contributed by atoms with E-state index in [0.717, 1.165) is 11.3 Å². The summed E-state index contributed by atoms with van der Waals surface area (Å²) >= 11 is 3.33. The van der Waals surface area contributed by atoms with Gasteiger partial charge in [0.1, 0.15) is 27.6 Å². The molecule has 0 spiro atoms. The zero-order valence-corrected chi connectivity index (χ0v) is 11.7. The van der Waals surface area contributed by atoms with Gasteiger partial charge in [-0.1, -0.05) is 12.1 Å². The number of aromatic nitrogens is 1. The van der Waals surface area contributed by atoms with Crippen molar-refractivity contribution in [2.45, 2.75) is 6.42 Å². The molecule has 2 heterocycles. The molecule has 0 radical (unpaired) electrons. The molecule has 1 aliphatic heterocycles. The Bertz CT molecular complexity index is 685. The van der Waals surface area contributed by atoms with Gasteiger partial charge in [-0.3, -0.25) is 0 Å². The number of methoxy groups -OCH3 is 1. The molecule has 0 N–H and O–H groups in total. The maximum absolute atomic E-state index is 13.7. The third-order valence-corrected chi connectivity index (χ3v) is 3.43. The Hall–Kier alpha value is -1.75. The van der Waals surface area contributed by atoms with E-state index in [1.165, 1.54) is 6.07 Å². The highest BCUT2D eigenvalue weighted by Gasteiger charge is 2.22. The van der Waals surface area contributed by atoms with Crippen LogP contribution >= 0.6 is 15.9 Å². The van der Waals surface area contributed by atoms with Crippen LogP contribution in [0.5, 0.6) is 5.75 Å². The van der Waals surface area contributed by atoms with Gasteiger partial charge in [0.05, 0.1) is 12.8 Å². The lowest BCUT2D eigenvalue weighted by Gasteiger charge is -2.07. The first-order valence-electron chi connectivity index (χ1n) is 5.75. The number of nitrogens with zero attached hydrogens (tertiary/aromatic N) is 2. The van der Waals surface area contributed by atoms with E-state index in [4.69, 9.17) is 4.74 Å². The molecule has 0 unspecified atom stereocenters. The Kier molecular flexibility index (Phi) is 3.06. The van der Waals surface area contributed by atoms with E-state index >= 15 is 0 Å². The fourth-order valence-electron chi connectivity index (χ4n) is 2.11. The summed E-state index contributed by atoms with van der Waals surface area (Å²) in [6.45, 7) is 0. The zero-order valence-electron chi connectivity index (χ0n) is 10.2. The maximum Gasteiger partial charge on any atom is 0.149 e. The van der Waals surface area contributed by atoms with Gasteiger partial charge in [0.25, 0.3) is 0 Å². The van der Waals surface area contributed by atoms with Gasteiger partial charge in [-0.15, -0.1) is 0 Å². The average molecular weight is 321 g/mol. The van der Waals surface area contributed by atoms with Gasteiger partial charge >= 0.3 is 0 Å². The SMILES string of the molecule is COc1ccc(Br)nc1C1=Nc2c(F)cccc2C1. The molecule has 5 heteroatoms. The first kappa shape index (κ1) is 12.3. The van der Waals surface area contributed by atoms with E-state index in [1.54, 1.807) is 19.2 Å². The van der Waals surface area contributed by atoms with Gasteiger partial charge in [-0.25, -0.2) is 14.4 Å². The van der Waals surface area contributed by atoms with Gasteiger partial charge < -0.3 is 4.74 Å². The topological polar surface area (TPSA) is 34.5 Å². The van der Waals surface area contributed by atoms with Crippen molar-refractivity contribution in [3.05, 3.63) is 52.0 Å². The van der Waals surface area contributed by atoms with Crippen LogP contribution in [0.15, 0.2) is 39.9 Å². The van der Waals surface area contributed by atoms with Crippen molar-refractivity contribution < 1.29 is 9.13 Å². The third kappa shape index (κ3) is 2.14. The third-order valence-electron chi connectivity index (χ3n) is 2.99. The van der Waals surface area contributed by atoms with E-state index in [1.807, 2.05) is 12.1 Å². The van der Waals surface area contributed by atoms with Crippen molar-refractivity contribution in [2.75, 3.05) is 7.11 Å². The second-order valence-electron chi connectivity index (χ2n) is 4.17. The predicted molar refractivity (Wildman–Crippen MR) is 74.8 cm³/mol. The molecule has 1 aliphatic rings. The summed E-state index contributed by atoms with van der Waals surface area (Å²) in [6, 6.07) is 8.59. The Labute approximate surface area is 118 Å². The molecule has 0 bridgehead atoms. The molecule has 3 rings (SSSR count). The lowest BCUT2D eigenvalue weighted by atomic mass is 10.1. The second-order valence-corrected chi connectivity index (χ2v) is 4.98. The average Bonchev–Trinajstić information content (AvgIpc) is 2.84. The van der Waals surface area contributed by atoms with Gasteiger partial charge in [0.2, 0.25) is 0 Å². The Morgan fingerprint density at radius 2 is 2.11 bits per heavy atom. The first-order chi connectivity index (χ1) is 9.19. The fourth-order valence-corrected chi connectivity index (χ4v) is 2.42. The van der Waals surface area contributed by atoms with Gasteiger partial charge in [-0.2, -0.15) is 0 Å². The van der Waals surface area contributed by atoms with Crippen LogP contribution in [-0.4, -0.2) is 17.8 Å². The second kappa shape index (κ2) is 4.74. The molecule has 2 aromatic rings. The first-order valence-corrected chi connectivity index (χ1v) is 6.54. The van der Waals surface area contributed by atoms with Crippen LogP contribution in [0.2, 0.25) is 0 Å².